The van der Waals surface area contributed by atoms with Gasteiger partial charge in [-0.1, -0.05) is 48.3 Å². The van der Waals surface area contributed by atoms with Crippen LogP contribution in [0, 0.1) is 0 Å². The van der Waals surface area contributed by atoms with Crippen molar-refractivity contribution in [3.63, 3.8) is 0 Å². The fourth-order valence-electron chi connectivity index (χ4n) is 2.25. The lowest BCUT2D eigenvalue weighted by atomic mass is 10.1. The number of carbonyl (C=O) groups excluding carboxylic acids is 2. The van der Waals surface area contributed by atoms with Crippen LogP contribution in [-0.4, -0.2) is 22.8 Å². The number of hydrogen-bond acceptors (Lipinski definition) is 5. The van der Waals surface area contributed by atoms with E-state index in [1.54, 1.807) is 19.1 Å². The summed E-state index contributed by atoms with van der Waals surface area (Å²) < 4.78 is 43.1. The van der Waals surface area contributed by atoms with E-state index in [1.165, 1.54) is 12.1 Å². The number of hydrogen-bond donors (Lipinski definition) is 1. The van der Waals surface area contributed by atoms with Gasteiger partial charge in [0.15, 0.2) is 0 Å². The lowest BCUT2D eigenvalue weighted by Gasteiger charge is -2.07. The molecule has 1 aliphatic heterocycles. The predicted molar refractivity (Wildman–Crippen MR) is 102 cm³/mol. The SMILES string of the molecule is CCOC(=O)CCC(/C=C/c1ccc(C(F)(F)F)cc1)=C1\SC(=S)NC1=O. The second-order valence-electron chi connectivity index (χ2n) is 5.46. The van der Waals surface area contributed by atoms with Crippen LogP contribution < -0.4 is 5.32 Å². The summed E-state index contributed by atoms with van der Waals surface area (Å²) >= 11 is 6.06. The second-order valence-corrected chi connectivity index (χ2v) is 7.14. The highest BCUT2D eigenvalue weighted by Gasteiger charge is 2.30. The Morgan fingerprint density at radius 1 is 1.26 bits per heavy atom. The Kier molecular flexibility index (Phi) is 7.20. The Morgan fingerprint density at radius 3 is 2.44 bits per heavy atom. The van der Waals surface area contributed by atoms with Gasteiger partial charge in [-0.25, -0.2) is 0 Å². The number of halogens is 3. The van der Waals surface area contributed by atoms with Crippen molar-refractivity contribution < 1.29 is 27.5 Å². The molecule has 2 rings (SSSR count). The molecular weight excluding hydrogens is 399 g/mol. The maximum atomic E-state index is 12.6. The van der Waals surface area contributed by atoms with E-state index in [0.29, 0.717) is 20.4 Å². The first kappa shape index (κ1) is 21.2. The zero-order valence-electron chi connectivity index (χ0n) is 14.3. The van der Waals surface area contributed by atoms with E-state index in [-0.39, 0.29) is 25.4 Å². The van der Waals surface area contributed by atoms with Gasteiger partial charge in [0.1, 0.15) is 4.32 Å². The van der Waals surface area contributed by atoms with Crippen molar-refractivity contribution in [2.24, 2.45) is 0 Å². The molecular formula is C18H16F3NO3S2. The minimum atomic E-state index is -4.40. The van der Waals surface area contributed by atoms with Crippen LogP contribution >= 0.6 is 24.0 Å². The number of thioether (sulfide) groups is 1. The van der Waals surface area contributed by atoms with Crippen molar-refractivity contribution >= 4 is 46.3 Å². The first-order valence-corrected chi connectivity index (χ1v) is 9.20. The van der Waals surface area contributed by atoms with Gasteiger partial charge in [0, 0.05) is 6.42 Å². The van der Waals surface area contributed by atoms with Gasteiger partial charge in [0.25, 0.3) is 5.91 Å². The summed E-state index contributed by atoms with van der Waals surface area (Å²) in [6.45, 7) is 1.95. The van der Waals surface area contributed by atoms with Crippen molar-refractivity contribution in [3.05, 3.63) is 51.9 Å². The van der Waals surface area contributed by atoms with Crippen LogP contribution in [0.3, 0.4) is 0 Å². The highest BCUT2D eigenvalue weighted by atomic mass is 32.2. The van der Waals surface area contributed by atoms with Crippen LogP contribution in [0.5, 0.6) is 0 Å². The molecule has 1 saturated heterocycles. The molecule has 0 atom stereocenters. The normalized spacial score (nSPS) is 16.6. The molecule has 1 N–H and O–H groups in total. The zero-order valence-corrected chi connectivity index (χ0v) is 15.9. The number of rotatable bonds is 6. The second kappa shape index (κ2) is 9.18. The summed E-state index contributed by atoms with van der Waals surface area (Å²) in [5.74, 6) is -0.759. The largest absolute Gasteiger partial charge is 0.466 e. The number of allylic oxidation sites excluding steroid dienone is 2. The highest BCUT2D eigenvalue weighted by Crippen LogP contribution is 2.31. The van der Waals surface area contributed by atoms with E-state index in [4.69, 9.17) is 17.0 Å². The van der Waals surface area contributed by atoms with Crippen molar-refractivity contribution in [2.75, 3.05) is 6.61 Å². The van der Waals surface area contributed by atoms with Crippen LogP contribution in [0.1, 0.15) is 30.9 Å². The zero-order chi connectivity index (χ0) is 20.0. The summed E-state index contributed by atoms with van der Waals surface area (Å²) in [5.41, 5.74) is 0.352. The summed E-state index contributed by atoms with van der Waals surface area (Å²) in [7, 11) is 0. The topological polar surface area (TPSA) is 55.4 Å². The van der Waals surface area contributed by atoms with Crippen LogP contribution in [0.25, 0.3) is 6.08 Å². The van der Waals surface area contributed by atoms with Gasteiger partial charge in [-0.2, -0.15) is 13.2 Å². The molecule has 0 bridgehead atoms. The molecule has 0 radical (unpaired) electrons. The molecule has 1 fully saturated rings. The van der Waals surface area contributed by atoms with Gasteiger partial charge < -0.3 is 10.1 Å². The Morgan fingerprint density at radius 2 is 1.93 bits per heavy atom. The summed E-state index contributed by atoms with van der Waals surface area (Å²) in [6, 6.07) is 4.63. The molecule has 0 aromatic heterocycles. The number of benzene rings is 1. The third-order valence-electron chi connectivity index (χ3n) is 3.53. The fourth-order valence-corrected chi connectivity index (χ4v) is 3.36. The number of carbonyl (C=O) groups is 2. The molecule has 0 unspecified atom stereocenters. The highest BCUT2D eigenvalue weighted by molar-refractivity contribution is 8.26. The minimum absolute atomic E-state index is 0.0740. The first-order chi connectivity index (χ1) is 12.7. The molecule has 0 aliphatic carbocycles. The standard InChI is InChI=1S/C18H16F3NO3S2/c1-2-25-14(23)10-7-12(15-16(24)22-17(26)27-15)6-3-11-4-8-13(9-5-11)18(19,20)21/h3-6,8-9H,2,7,10H2,1H3,(H,22,24,26)/b6-3+,15-12-. The number of amides is 1. The third-order valence-corrected chi connectivity index (χ3v) is 4.82. The average molecular weight is 415 g/mol. The first-order valence-electron chi connectivity index (χ1n) is 7.98. The molecule has 9 heteroatoms. The molecule has 144 valence electrons. The maximum Gasteiger partial charge on any atom is 0.416 e. The molecule has 1 amide bonds. The third kappa shape index (κ3) is 6.21. The van der Waals surface area contributed by atoms with Crippen LogP contribution in [0.15, 0.2) is 40.8 Å². The summed E-state index contributed by atoms with van der Waals surface area (Å²) in [5, 5.41) is 2.50. The van der Waals surface area contributed by atoms with E-state index in [0.717, 1.165) is 23.9 Å². The lowest BCUT2D eigenvalue weighted by Crippen LogP contribution is -2.18. The molecule has 0 saturated carbocycles. The number of thiocarbonyl (C=S) groups is 1. The quantitative estimate of drug-likeness (QED) is 0.422. The average Bonchev–Trinajstić information content (AvgIpc) is 2.93. The summed E-state index contributed by atoms with van der Waals surface area (Å²) in [4.78, 5) is 24.0. The molecule has 1 aliphatic rings. The molecule has 1 aromatic carbocycles. The minimum Gasteiger partial charge on any atom is -0.466 e. The monoisotopic (exact) mass is 415 g/mol. The number of nitrogens with one attached hydrogen (secondary N) is 1. The van der Waals surface area contributed by atoms with E-state index in [2.05, 4.69) is 5.32 Å². The van der Waals surface area contributed by atoms with E-state index >= 15 is 0 Å². The van der Waals surface area contributed by atoms with Gasteiger partial charge in [0.2, 0.25) is 0 Å². The van der Waals surface area contributed by atoms with Gasteiger partial charge in [-0.05, 0) is 36.6 Å². The smallest absolute Gasteiger partial charge is 0.416 e. The Labute approximate surface area is 163 Å². The number of ether oxygens (including phenoxy) is 1. The maximum absolute atomic E-state index is 12.6. The van der Waals surface area contributed by atoms with Gasteiger partial charge >= 0.3 is 12.1 Å². The van der Waals surface area contributed by atoms with Crippen molar-refractivity contribution in [3.8, 4) is 0 Å². The van der Waals surface area contributed by atoms with Crippen molar-refractivity contribution in [1.29, 1.82) is 0 Å². The van der Waals surface area contributed by atoms with Gasteiger partial charge in [0.05, 0.1) is 17.1 Å². The van der Waals surface area contributed by atoms with Crippen molar-refractivity contribution in [1.82, 2.24) is 5.32 Å². The Hall–Kier alpha value is -2.13. The van der Waals surface area contributed by atoms with Crippen LogP contribution in [0.2, 0.25) is 0 Å². The fraction of sp³-hybridized carbons (Fsp3) is 0.278. The van der Waals surface area contributed by atoms with Crippen molar-refractivity contribution in [2.45, 2.75) is 25.9 Å². The molecule has 1 heterocycles. The number of esters is 1. The lowest BCUT2D eigenvalue weighted by molar-refractivity contribution is -0.143. The summed E-state index contributed by atoms with van der Waals surface area (Å²) in [6.07, 6.45) is -0.886. The Balaban J connectivity index is 2.22. The molecule has 4 nitrogen and oxygen atoms in total. The van der Waals surface area contributed by atoms with E-state index < -0.39 is 17.7 Å². The van der Waals surface area contributed by atoms with Gasteiger partial charge in [-0.3, -0.25) is 9.59 Å². The predicted octanol–water partition coefficient (Wildman–Crippen LogP) is 4.46. The van der Waals surface area contributed by atoms with Crippen LogP contribution in [0.4, 0.5) is 13.2 Å². The number of alkyl halides is 3. The Bertz CT molecular complexity index is 799. The molecule has 1 aromatic rings. The van der Waals surface area contributed by atoms with Crippen LogP contribution in [-0.2, 0) is 20.5 Å². The molecule has 0 spiro atoms. The van der Waals surface area contributed by atoms with E-state index in [9.17, 15) is 22.8 Å². The van der Waals surface area contributed by atoms with E-state index in [1.807, 2.05) is 0 Å². The molecule has 27 heavy (non-hydrogen) atoms. The van der Waals surface area contributed by atoms with Gasteiger partial charge in [-0.15, -0.1) is 0 Å².